The van der Waals surface area contributed by atoms with Gasteiger partial charge < -0.3 is 10.2 Å². The largest absolute Gasteiger partial charge is 0.416 e. The van der Waals surface area contributed by atoms with E-state index in [1.54, 1.807) is 4.90 Å². The maximum atomic E-state index is 12.7. The lowest BCUT2D eigenvalue weighted by atomic mass is 10.2. The molecule has 1 atom stereocenters. The van der Waals surface area contributed by atoms with Crippen molar-refractivity contribution in [3.8, 4) is 0 Å². The van der Waals surface area contributed by atoms with Gasteiger partial charge in [0, 0.05) is 38.6 Å². The van der Waals surface area contributed by atoms with Crippen LogP contribution >= 0.6 is 12.4 Å². The number of rotatable bonds is 6. The highest BCUT2D eigenvalue weighted by Crippen LogP contribution is 2.30. The number of alkyl halides is 3. The summed E-state index contributed by atoms with van der Waals surface area (Å²) < 4.78 is 64.6. The smallest absolute Gasteiger partial charge is 0.337 e. The predicted octanol–water partition coefficient (Wildman–Crippen LogP) is 2.01. The number of carbonyl (C=O) groups excluding carboxylic acids is 1. The molecular weight excluding hydrogens is 407 g/mol. The highest BCUT2D eigenvalue weighted by molar-refractivity contribution is 7.89. The first kappa shape index (κ1) is 23.7. The zero-order chi connectivity index (χ0) is 19.4. The van der Waals surface area contributed by atoms with Crippen LogP contribution in [0.4, 0.5) is 13.2 Å². The van der Waals surface area contributed by atoms with Crippen molar-refractivity contribution in [3.05, 3.63) is 29.8 Å². The number of piperazine rings is 1. The molecule has 1 unspecified atom stereocenters. The Kier molecular flexibility index (Phi) is 8.52. The molecule has 1 aromatic carbocycles. The minimum Gasteiger partial charge on any atom is -0.337 e. The lowest BCUT2D eigenvalue weighted by Gasteiger charge is -2.34. The summed E-state index contributed by atoms with van der Waals surface area (Å²) in [5.41, 5.74) is -1.02. The van der Waals surface area contributed by atoms with Crippen molar-refractivity contribution in [3.63, 3.8) is 0 Å². The lowest BCUT2D eigenvalue weighted by molar-refractivity contribution is -0.137. The van der Waals surface area contributed by atoms with E-state index in [0.717, 1.165) is 24.7 Å². The van der Waals surface area contributed by atoms with Crippen molar-refractivity contribution in [2.24, 2.45) is 0 Å². The Balaban J connectivity index is 0.00000364. The topological polar surface area (TPSA) is 78.5 Å². The zero-order valence-electron chi connectivity index (χ0n) is 14.8. The van der Waals surface area contributed by atoms with E-state index in [1.165, 1.54) is 0 Å². The maximum Gasteiger partial charge on any atom is 0.416 e. The number of amides is 1. The fourth-order valence-electron chi connectivity index (χ4n) is 2.72. The van der Waals surface area contributed by atoms with Crippen molar-refractivity contribution in [2.45, 2.75) is 36.9 Å². The van der Waals surface area contributed by atoms with Gasteiger partial charge in [-0.1, -0.05) is 6.07 Å². The van der Waals surface area contributed by atoms with Gasteiger partial charge in [0.1, 0.15) is 0 Å². The number of sulfonamides is 1. The van der Waals surface area contributed by atoms with E-state index < -0.39 is 26.7 Å². The quantitative estimate of drug-likeness (QED) is 0.678. The van der Waals surface area contributed by atoms with Gasteiger partial charge in [-0.3, -0.25) is 4.79 Å². The molecular formula is C16H23ClF3N3O3S. The molecule has 27 heavy (non-hydrogen) atoms. The summed E-state index contributed by atoms with van der Waals surface area (Å²) in [7, 11) is -4.06. The van der Waals surface area contributed by atoms with Gasteiger partial charge >= 0.3 is 6.18 Å². The molecule has 2 N–H and O–H groups in total. The summed E-state index contributed by atoms with van der Waals surface area (Å²) in [6.45, 7) is 3.95. The molecule has 0 aromatic heterocycles. The van der Waals surface area contributed by atoms with Crippen LogP contribution in [-0.4, -0.2) is 51.4 Å². The number of carbonyl (C=O) groups is 1. The molecule has 0 bridgehead atoms. The van der Waals surface area contributed by atoms with Gasteiger partial charge in [-0.15, -0.1) is 12.4 Å². The van der Waals surface area contributed by atoms with Crippen molar-refractivity contribution in [1.82, 2.24) is 14.9 Å². The van der Waals surface area contributed by atoms with E-state index >= 15 is 0 Å². The first-order valence-corrected chi connectivity index (χ1v) is 9.77. The first-order chi connectivity index (χ1) is 12.1. The monoisotopic (exact) mass is 429 g/mol. The van der Waals surface area contributed by atoms with Crippen LogP contribution in [0.2, 0.25) is 0 Å². The predicted molar refractivity (Wildman–Crippen MR) is 97.2 cm³/mol. The number of halogens is 4. The zero-order valence-corrected chi connectivity index (χ0v) is 16.4. The number of nitrogens with one attached hydrogen (secondary N) is 2. The normalized spacial score (nSPS) is 18.1. The van der Waals surface area contributed by atoms with Crippen LogP contribution < -0.4 is 10.0 Å². The lowest BCUT2D eigenvalue weighted by Crippen LogP contribution is -2.52. The molecule has 1 aromatic rings. The Bertz CT molecular complexity index is 744. The molecule has 1 saturated heterocycles. The Morgan fingerprint density at radius 1 is 1.37 bits per heavy atom. The van der Waals surface area contributed by atoms with Gasteiger partial charge in [0.25, 0.3) is 0 Å². The van der Waals surface area contributed by atoms with Crippen LogP contribution in [0.25, 0.3) is 0 Å². The molecule has 11 heteroatoms. The van der Waals surface area contributed by atoms with E-state index in [1.807, 2.05) is 6.92 Å². The number of hydrogen-bond acceptors (Lipinski definition) is 4. The molecule has 0 saturated carbocycles. The molecule has 1 aliphatic rings. The molecule has 1 amide bonds. The fraction of sp³-hybridized carbons (Fsp3) is 0.562. The van der Waals surface area contributed by atoms with E-state index in [4.69, 9.17) is 0 Å². The minimum atomic E-state index is -4.61. The Morgan fingerprint density at radius 3 is 2.70 bits per heavy atom. The Labute approximate surface area is 163 Å². The average molecular weight is 430 g/mol. The number of benzene rings is 1. The third kappa shape index (κ3) is 6.63. The van der Waals surface area contributed by atoms with E-state index in [2.05, 4.69) is 10.0 Å². The molecule has 1 fully saturated rings. The molecule has 2 rings (SSSR count). The van der Waals surface area contributed by atoms with Crippen LogP contribution in [0.1, 0.15) is 25.3 Å². The highest BCUT2D eigenvalue weighted by atomic mass is 35.5. The third-order valence-electron chi connectivity index (χ3n) is 4.15. The second-order valence-electron chi connectivity index (χ2n) is 6.17. The summed E-state index contributed by atoms with van der Waals surface area (Å²) in [6.07, 6.45) is -4.17. The summed E-state index contributed by atoms with van der Waals surface area (Å²) in [5.74, 6) is -0.0581. The maximum absolute atomic E-state index is 12.7. The average Bonchev–Trinajstić information content (AvgIpc) is 2.58. The summed E-state index contributed by atoms with van der Waals surface area (Å²) in [5, 5.41) is 3.17. The highest BCUT2D eigenvalue weighted by Gasteiger charge is 2.31. The summed E-state index contributed by atoms with van der Waals surface area (Å²) >= 11 is 0. The summed E-state index contributed by atoms with van der Waals surface area (Å²) in [4.78, 5) is 13.5. The molecule has 0 aliphatic carbocycles. The van der Waals surface area contributed by atoms with Crippen molar-refractivity contribution >= 4 is 28.3 Å². The van der Waals surface area contributed by atoms with Crippen molar-refractivity contribution < 1.29 is 26.4 Å². The van der Waals surface area contributed by atoms with E-state index in [9.17, 15) is 26.4 Å². The van der Waals surface area contributed by atoms with Gasteiger partial charge in [0.2, 0.25) is 15.9 Å². The molecule has 6 nitrogen and oxygen atoms in total. The minimum absolute atomic E-state index is 0. The van der Waals surface area contributed by atoms with Crippen LogP contribution in [0.3, 0.4) is 0 Å². The standard InChI is InChI=1S/C16H22F3N3O3S.ClH/c1-12-11-20-8-9-22(12)15(23)6-3-7-21-26(24,25)14-5-2-4-13(10-14)16(17,18)19;/h2,4-5,10,12,20-21H,3,6-9,11H2,1H3;1H. The SMILES string of the molecule is CC1CNCCN1C(=O)CCCNS(=O)(=O)c1cccc(C(F)(F)F)c1.Cl. The molecule has 1 heterocycles. The first-order valence-electron chi connectivity index (χ1n) is 8.28. The van der Waals surface area contributed by atoms with Gasteiger partial charge in [0.05, 0.1) is 10.5 Å². The summed E-state index contributed by atoms with van der Waals surface area (Å²) in [6, 6.07) is 3.64. The second kappa shape index (κ2) is 9.72. The molecule has 1 aliphatic heterocycles. The third-order valence-corrected chi connectivity index (χ3v) is 5.61. The Morgan fingerprint density at radius 2 is 2.07 bits per heavy atom. The van der Waals surface area contributed by atoms with E-state index in [0.29, 0.717) is 19.2 Å². The van der Waals surface area contributed by atoms with Gasteiger partial charge in [-0.25, -0.2) is 13.1 Å². The van der Waals surface area contributed by atoms with Crippen LogP contribution in [0.15, 0.2) is 29.2 Å². The Hall–Kier alpha value is -1.36. The van der Waals surface area contributed by atoms with Gasteiger partial charge in [-0.2, -0.15) is 13.2 Å². The van der Waals surface area contributed by atoms with E-state index in [-0.39, 0.29) is 43.7 Å². The number of nitrogens with zero attached hydrogens (tertiary/aromatic N) is 1. The van der Waals surface area contributed by atoms with Crippen LogP contribution in [0, 0.1) is 0 Å². The molecule has 0 radical (unpaired) electrons. The van der Waals surface area contributed by atoms with Gasteiger partial charge in [-0.05, 0) is 31.5 Å². The molecule has 154 valence electrons. The van der Waals surface area contributed by atoms with Crippen molar-refractivity contribution in [2.75, 3.05) is 26.2 Å². The van der Waals surface area contributed by atoms with Gasteiger partial charge in [0.15, 0.2) is 0 Å². The fourth-order valence-corrected chi connectivity index (χ4v) is 3.84. The van der Waals surface area contributed by atoms with Crippen LogP contribution in [-0.2, 0) is 21.0 Å². The van der Waals surface area contributed by atoms with Crippen LogP contribution in [0.5, 0.6) is 0 Å². The van der Waals surface area contributed by atoms with Crippen molar-refractivity contribution in [1.29, 1.82) is 0 Å². The number of hydrogen-bond donors (Lipinski definition) is 2. The molecule has 0 spiro atoms. The second-order valence-corrected chi connectivity index (χ2v) is 7.93.